The summed E-state index contributed by atoms with van der Waals surface area (Å²) in [6, 6.07) is 22.3. The molecular weight excluding hydrogens is 416 g/mol. The highest BCUT2D eigenvalue weighted by molar-refractivity contribution is 6.36. The van der Waals surface area contributed by atoms with E-state index < -0.39 is 0 Å². The monoisotopic (exact) mass is 442 g/mol. The SMILES string of the molecule is COc1ccc(NC2=C(c3ccccc3)C(=O)N(CCOc3cc(C)cc(C)c3)C2=O)cc1. The standard InChI is InChI=1S/C27H26N2O4/c1-18-15-19(2)17-23(16-18)33-14-13-29-26(30)24(20-7-5-4-6-8-20)25(27(29)31)28-21-9-11-22(32-3)12-10-21/h4-12,15-17,28H,13-14H2,1-3H3. The van der Waals surface area contributed by atoms with Crippen LogP contribution in [0.25, 0.3) is 5.57 Å². The van der Waals surface area contributed by atoms with Crippen LogP contribution in [0.1, 0.15) is 16.7 Å². The van der Waals surface area contributed by atoms with Crippen molar-refractivity contribution in [2.24, 2.45) is 0 Å². The summed E-state index contributed by atoms with van der Waals surface area (Å²) in [5, 5.41) is 3.15. The number of hydrogen-bond donors (Lipinski definition) is 1. The highest BCUT2D eigenvalue weighted by Gasteiger charge is 2.39. The maximum atomic E-state index is 13.3. The smallest absolute Gasteiger partial charge is 0.278 e. The molecule has 0 saturated carbocycles. The van der Waals surface area contributed by atoms with Gasteiger partial charge in [-0.2, -0.15) is 0 Å². The summed E-state index contributed by atoms with van der Waals surface area (Å²) in [7, 11) is 1.59. The van der Waals surface area contributed by atoms with E-state index in [1.165, 1.54) is 4.90 Å². The number of ether oxygens (including phenoxy) is 2. The van der Waals surface area contributed by atoms with E-state index in [0.717, 1.165) is 16.9 Å². The zero-order valence-corrected chi connectivity index (χ0v) is 18.9. The minimum atomic E-state index is -0.376. The van der Waals surface area contributed by atoms with E-state index in [4.69, 9.17) is 9.47 Å². The Morgan fingerprint density at radius 3 is 2.12 bits per heavy atom. The molecule has 1 aliphatic rings. The third-order valence-electron chi connectivity index (χ3n) is 5.37. The molecule has 2 amide bonds. The topological polar surface area (TPSA) is 67.9 Å². The first kappa shape index (κ1) is 22.1. The first-order valence-electron chi connectivity index (χ1n) is 10.7. The summed E-state index contributed by atoms with van der Waals surface area (Å²) in [4.78, 5) is 27.8. The molecule has 0 bridgehead atoms. The predicted molar refractivity (Wildman–Crippen MR) is 128 cm³/mol. The van der Waals surface area contributed by atoms with Gasteiger partial charge in [-0.3, -0.25) is 14.5 Å². The van der Waals surface area contributed by atoms with Crippen molar-refractivity contribution in [3.05, 3.63) is 95.2 Å². The molecule has 0 unspecified atom stereocenters. The second-order valence-electron chi connectivity index (χ2n) is 7.90. The lowest BCUT2D eigenvalue weighted by molar-refractivity contribution is -0.137. The lowest BCUT2D eigenvalue weighted by atomic mass is 10.0. The zero-order valence-electron chi connectivity index (χ0n) is 18.9. The Kier molecular flexibility index (Phi) is 6.45. The first-order valence-corrected chi connectivity index (χ1v) is 10.7. The third-order valence-corrected chi connectivity index (χ3v) is 5.37. The summed E-state index contributed by atoms with van der Waals surface area (Å²) in [5.41, 5.74) is 4.17. The summed E-state index contributed by atoms with van der Waals surface area (Å²) >= 11 is 0. The van der Waals surface area contributed by atoms with Crippen molar-refractivity contribution >= 4 is 23.1 Å². The molecule has 4 rings (SSSR count). The van der Waals surface area contributed by atoms with E-state index in [-0.39, 0.29) is 30.7 Å². The van der Waals surface area contributed by atoms with Crippen LogP contribution in [0.2, 0.25) is 0 Å². The van der Waals surface area contributed by atoms with Crippen LogP contribution in [0.15, 0.2) is 78.5 Å². The number of imide groups is 1. The Hall–Kier alpha value is -4.06. The molecule has 0 aliphatic carbocycles. The van der Waals surface area contributed by atoms with E-state index in [1.54, 1.807) is 31.4 Å². The van der Waals surface area contributed by atoms with Crippen molar-refractivity contribution in [1.29, 1.82) is 0 Å². The number of nitrogens with one attached hydrogen (secondary N) is 1. The number of amides is 2. The Bertz CT molecular complexity index is 1180. The van der Waals surface area contributed by atoms with Gasteiger partial charge in [0.15, 0.2) is 0 Å². The van der Waals surface area contributed by atoms with Crippen LogP contribution >= 0.6 is 0 Å². The largest absolute Gasteiger partial charge is 0.497 e. The second-order valence-corrected chi connectivity index (χ2v) is 7.90. The number of anilines is 1. The molecule has 0 saturated heterocycles. The molecule has 3 aromatic carbocycles. The molecule has 33 heavy (non-hydrogen) atoms. The summed E-state index contributed by atoms with van der Waals surface area (Å²) in [5.74, 6) is 0.709. The first-order chi connectivity index (χ1) is 16.0. The van der Waals surface area contributed by atoms with Crippen LogP contribution in [0, 0.1) is 13.8 Å². The van der Waals surface area contributed by atoms with Gasteiger partial charge in [-0.15, -0.1) is 0 Å². The van der Waals surface area contributed by atoms with Gasteiger partial charge in [0.2, 0.25) is 0 Å². The van der Waals surface area contributed by atoms with E-state index in [0.29, 0.717) is 22.6 Å². The molecule has 6 heteroatoms. The fraction of sp³-hybridized carbons (Fsp3) is 0.185. The molecule has 0 aromatic heterocycles. The number of aryl methyl sites for hydroxylation is 2. The zero-order chi connectivity index (χ0) is 23.4. The maximum Gasteiger partial charge on any atom is 0.278 e. The van der Waals surface area contributed by atoms with Gasteiger partial charge in [0.1, 0.15) is 23.8 Å². The lowest BCUT2D eigenvalue weighted by Gasteiger charge is -2.16. The van der Waals surface area contributed by atoms with Crippen LogP contribution in [-0.4, -0.2) is 37.0 Å². The van der Waals surface area contributed by atoms with E-state index in [1.807, 2.05) is 56.3 Å². The van der Waals surface area contributed by atoms with Gasteiger partial charge in [-0.1, -0.05) is 36.4 Å². The van der Waals surface area contributed by atoms with Crippen LogP contribution in [0.4, 0.5) is 5.69 Å². The third kappa shape index (κ3) is 4.90. The molecule has 168 valence electrons. The van der Waals surface area contributed by atoms with E-state index >= 15 is 0 Å². The lowest BCUT2D eigenvalue weighted by Crippen LogP contribution is -2.36. The number of rotatable bonds is 8. The van der Waals surface area contributed by atoms with Crippen molar-refractivity contribution in [1.82, 2.24) is 4.90 Å². The molecule has 0 atom stereocenters. The van der Waals surface area contributed by atoms with Gasteiger partial charge in [0.25, 0.3) is 11.8 Å². The summed E-state index contributed by atoms with van der Waals surface area (Å²) < 4.78 is 11.0. The average Bonchev–Trinajstić information content (AvgIpc) is 3.03. The van der Waals surface area contributed by atoms with Gasteiger partial charge in [-0.25, -0.2) is 0 Å². The minimum absolute atomic E-state index is 0.148. The number of benzene rings is 3. The van der Waals surface area contributed by atoms with Crippen LogP contribution < -0.4 is 14.8 Å². The fourth-order valence-corrected chi connectivity index (χ4v) is 3.86. The number of nitrogens with zero attached hydrogens (tertiary/aromatic N) is 1. The summed E-state index contributed by atoms with van der Waals surface area (Å²) in [6.07, 6.45) is 0. The molecule has 3 aromatic rings. The predicted octanol–water partition coefficient (Wildman–Crippen LogP) is 4.58. The van der Waals surface area contributed by atoms with Crippen molar-refractivity contribution in [2.45, 2.75) is 13.8 Å². The van der Waals surface area contributed by atoms with Crippen molar-refractivity contribution in [3.63, 3.8) is 0 Å². The molecule has 1 N–H and O–H groups in total. The molecule has 1 heterocycles. The molecule has 6 nitrogen and oxygen atoms in total. The highest BCUT2D eigenvalue weighted by Crippen LogP contribution is 2.30. The molecular formula is C27H26N2O4. The second kappa shape index (κ2) is 9.61. The van der Waals surface area contributed by atoms with Crippen LogP contribution in [-0.2, 0) is 9.59 Å². The Labute approximate surface area is 193 Å². The highest BCUT2D eigenvalue weighted by atomic mass is 16.5. The number of carbonyl (C=O) groups excluding carboxylic acids is 2. The number of hydrogen-bond acceptors (Lipinski definition) is 5. The fourth-order valence-electron chi connectivity index (χ4n) is 3.86. The van der Waals surface area contributed by atoms with Gasteiger partial charge >= 0.3 is 0 Å². The van der Waals surface area contributed by atoms with Crippen LogP contribution in [0.5, 0.6) is 11.5 Å². The minimum Gasteiger partial charge on any atom is -0.497 e. The van der Waals surface area contributed by atoms with Gasteiger partial charge in [-0.05, 0) is 66.9 Å². The Balaban J connectivity index is 1.56. The van der Waals surface area contributed by atoms with Crippen LogP contribution in [0.3, 0.4) is 0 Å². The number of methoxy groups -OCH3 is 1. The summed E-state index contributed by atoms with van der Waals surface area (Å²) in [6.45, 7) is 4.36. The van der Waals surface area contributed by atoms with E-state index in [2.05, 4.69) is 11.4 Å². The molecule has 0 fully saturated rings. The molecule has 0 radical (unpaired) electrons. The van der Waals surface area contributed by atoms with Gasteiger partial charge in [0.05, 0.1) is 19.2 Å². The van der Waals surface area contributed by atoms with Crippen molar-refractivity contribution in [2.75, 3.05) is 25.6 Å². The Morgan fingerprint density at radius 1 is 0.818 bits per heavy atom. The van der Waals surface area contributed by atoms with Gasteiger partial charge in [0, 0.05) is 5.69 Å². The van der Waals surface area contributed by atoms with Gasteiger partial charge < -0.3 is 14.8 Å². The quantitative estimate of drug-likeness (QED) is 0.517. The normalized spacial score (nSPS) is 13.5. The number of carbonyl (C=O) groups is 2. The average molecular weight is 443 g/mol. The Morgan fingerprint density at radius 2 is 1.48 bits per heavy atom. The molecule has 1 aliphatic heterocycles. The van der Waals surface area contributed by atoms with Crippen molar-refractivity contribution < 1.29 is 19.1 Å². The van der Waals surface area contributed by atoms with E-state index in [9.17, 15) is 9.59 Å². The van der Waals surface area contributed by atoms with Crippen molar-refractivity contribution in [3.8, 4) is 11.5 Å². The molecule has 0 spiro atoms. The maximum absolute atomic E-state index is 13.3.